The summed E-state index contributed by atoms with van der Waals surface area (Å²) in [6.45, 7) is 5.69. The Morgan fingerprint density at radius 2 is 1.81 bits per heavy atom. The minimum Gasteiger partial charge on any atom is -0.392 e. The fourth-order valence-electron chi connectivity index (χ4n) is 5.77. The summed E-state index contributed by atoms with van der Waals surface area (Å²) in [5.74, 6) is -2.71. The van der Waals surface area contributed by atoms with Crippen LogP contribution in [0.3, 0.4) is 0 Å². The van der Waals surface area contributed by atoms with E-state index in [1.807, 2.05) is 56.3 Å². The van der Waals surface area contributed by atoms with E-state index in [9.17, 15) is 19.5 Å². The van der Waals surface area contributed by atoms with Crippen LogP contribution < -0.4 is 10.6 Å². The fraction of sp³-hybridized carbons (Fsp3) is 0.400. The Balaban J connectivity index is 1.58. The van der Waals surface area contributed by atoms with Crippen molar-refractivity contribution in [1.82, 2.24) is 10.2 Å². The van der Waals surface area contributed by atoms with Crippen LogP contribution >= 0.6 is 0 Å². The highest BCUT2D eigenvalue weighted by Gasteiger charge is 2.71. The van der Waals surface area contributed by atoms with Crippen LogP contribution in [0.5, 0.6) is 0 Å². The lowest BCUT2D eigenvalue weighted by atomic mass is 9.75. The van der Waals surface area contributed by atoms with E-state index in [-0.39, 0.29) is 24.3 Å². The molecule has 3 amide bonds. The van der Waals surface area contributed by atoms with E-state index in [0.29, 0.717) is 17.7 Å². The van der Waals surface area contributed by atoms with E-state index in [0.717, 1.165) is 16.7 Å². The molecule has 3 aliphatic rings. The van der Waals surface area contributed by atoms with Gasteiger partial charge in [0.25, 0.3) is 0 Å². The first kappa shape index (κ1) is 20.8. The van der Waals surface area contributed by atoms with E-state index >= 15 is 0 Å². The second kappa shape index (κ2) is 7.25. The molecule has 0 bridgehead atoms. The number of aliphatic hydroxyl groups is 1. The molecule has 0 aromatic heterocycles. The summed E-state index contributed by atoms with van der Waals surface area (Å²) in [5.41, 5.74) is 2.90. The molecule has 3 heterocycles. The molecule has 1 spiro atoms. The zero-order valence-electron chi connectivity index (χ0n) is 18.4. The quantitative estimate of drug-likeness (QED) is 0.637. The predicted molar refractivity (Wildman–Crippen MR) is 119 cm³/mol. The number of fused-ring (bicyclic) bond motifs is 4. The van der Waals surface area contributed by atoms with Gasteiger partial charge in [-0.2, -0.15) is 0 Å². The van der Waals surface area contributed by atoms with Gasteiger partial charge in [-0.1, -0.05) is 48.0 Å². The average molecular weight is 434 g/mol. The van der Waals surface area contributed by atoms with Crippen LogP contribution in [0.4, 0.5) is 5.69 Å². The molecule has 166 valence electrons. The van der Waals surface area contributed by atoms with Gasteiger partial charge in [0, 0.05) is 23.8 Å². The normalized spacial score (nSPS) is 29.4. The Morgan fingerprint density at radius 3 is 2.50 bits per heavy atom. The van der Waals surface area contributed by atoms with Crippen LogP contribution in [0.25, 0.3) is 0 Å². The second-order valence-corrected chi connectivity index (χ2v) is 9.24. The summed E-state index contributed by atoms with van der Waals surface area (Å²) < 4.78 is 0. The summed E-state index contributed by atoms with van der Waals surface area (Å²) in [6, 6.07) is 12.9. The number of hydrogen-bond acceptors (Lipinski definition) is 5. The van der Waals surface area contributed by atoms with Crippen molar-refractivity contribution in [2.75, 3.05) is 11.9 Å². The average Bonchev–Trinajstić information content (AvgIpc) is 3.34. The number of benzene rings is 2. The molecule has 2 fully saturated rings. The highest BCUT2D eigenvalue weighted by atomic mass is 16.3. The number of likely N-dealkylation sites (tertiary alicyclic amines) is 1. The number of aryl methyl sites for hydroxylation is 2. The minimum atomic E-state index is -1.37. The van der Waals surface area contributed by atoms with Gasteiger partial charge in [-0.15, -0.1) is 0 Å². The van der Waals surface area contributed by atoms with Gasteiger partial charge < -0.3 is 10.4 Å². The highest BCUT2D eigenvalue weighted by Crippen LogP contribution is 2.54. The summed E-state index contributed by atoms with van der Waals surface area (Å²) in [7, 11) is 0. The maximum Gasteiger partial charge on any atom is 0.250 e. The van der Waals surface area contributed by atoms with E-state index in [4.69, 9.17) is 0 Å². The fourth-order valence-corrected chi connectivity index (χ4v) is 5.77. The third-order valence-corrected chi connectivity index (χ3v) is 7.18. The van der Waals surface area contributed by atoms with Crippen molar-refractivity contribution in [1.29, 1.82) is 0 Å². The summed E-state index contributed by atoms with van der Waals surface area (Å²) >= 11 is 0. The van der Waals surface area contributed by atoms with Crippen molar-refractivity contribution in [3.05, 3.63) is 64.7 Å². The number of imide groups is 1. The standard InChI is InChI=1S/C25H27N3O4/c1-13-11-14(2)20-17(12-13)25(24(32)26-20)19-18(21(27-25)15(3)29)22(30)28(23(19)31)10-9-16-7-5-4-6-8-16/h4-8,11-12,15,18-19,21,27,29H,9-10H2,1-3H3,(H,26,32)/t15-,18+,19-,21+,25+/m1/s1. The Morgan fingerprint density at radius 1 is 1.09 bits per heavy atom. The molecule has 3 N–H and O–H groups in total. The predicted octanol–water partition coefficient (Wildman–Crippen LogP) is 1.65. The molecule has 0 unspecified atom stereocenters. The molecule has 7 heteroatoms. The Bertz CT molecular complexity index is 1130. The molecule has 2 aromatic rings. The van der Waals surface area contributed by atoms with E-state index in [2.05, 4.69) is 10.6 Å². The molecule has 2 saturated heterocycles. The van der Waals surface area contributed by atoms with Crippen molar-refractivity contribution in [2.45, 2.75) is 44.9 Å². The lowest BCUT2D eigenvalue weighted by Crippen LogP contribution is -2.55. The number of anilines is 1. The molecule has 2 aromatic carbocycles. The van der Waals surface area contributed by atoms with Gasteiger partial charge in [-0.25, -0.2) is 0 Å². The Labute approximate surface area is 186 Å². The molecule has 5 atom stereocenters. The monoisotopic (exact) mass is 433 g/mol. The van der Waals surface area contributed by atoms with Gasteiger partial charge in [0.15, 0.2) is 0 Å². The first-order chi connectivity index (χ1) is 15.3. The number of amides is 3. The molecular weight excluding hydrogens is 406 g/mol. The minimum absolute atomic E-state index is 0.249. The summed E-state index contributed by atoms with van der Waals surface area (Å²) in [6.07, 6.45) is -0.367. The van der Waals surface area contributed by atoms with Crippen molar-refractivity contribution in [3.63, 3.8) is 0 Å². The van der Waals surface area contributed by atoms with Crippen molar-refractivity contribution < 1.29 is 19.5 Å². The van der Waals surface area contributed by atoms with Crippen LogP contribution in [0.15, 0.2) is 42.5 Å². The van der Waals surface area contributed by atoms with Crippen LogP contribution in [0, 0.1) is 25.7 Å². The molecule has 0 aliphatic carbocycles. The van der Waals surface area contributed by atoms with Gasteiger partial charge in [0.1, 0.15) is 5.54 Å². The molecule has 3 aliphatic heterocycles. The topological polar surface area (TPSA) is 98.7 Å². The third kappa shape index (κ3) is 2.77. The number of rotatable bonds is 4. The number of aliphatic hydroxyl groups excluding tert-OH is 1. The van der Waals surface area contributed by atoms with Gasteiger partial charge in [0.2, 0.25) is 17.7 Å². The number of nitrogens with one attached hydrogen (secondary N) is 2. The van der Waals surface area contributed by atoms with Crippen LogP contribution in [0.1, 0.15) is 29.2 Å². The number of nitrogens with zero attached hydrogens (tertiary/aromatic N) is 1. The zero-order chi connectivity index (χ0) is 22.8. The lowest BCUT2D eigenvalue weighted by molar-refractivity contribution is -0.143. The van der Waals surface area contributed by atoms with Crippen molar-refractivity contribution in [2.24, 2.45) is 11.8 Å². The van der Waals surface area contributed by atoms with Gasteiger partial charge in [-0.05, 0) is 38.3 Å². The van der Waals surface area contributed by atoms with Gasteiger partial charge >= 0.3 is 0 Å². The largest absolute Gasteiger partial charge is 0.392 e. The third-order valence-electron chi connectivity index (χ3n) is 7.18. The van der Waals surface area contributed by atoms with Crippen molar-refractivity contribution >= 4 is 23.4 Å². The molecule has 0 saturated carbocycles. The smallest absolute Gasteiger partial charge is 0.250 e. The molecular formula is C25H27N3O4. The van der Waals surface area contributed by atoms with Crippen LogP contribution in [-0.2, 0) is 26.3 Å². The maximum atomic E-state index is 13.7. The maximum absolute atomic E-state index is 13.7. The number of hydrogen-bond donors (Lipinski definition) is 3. The van der Waals surface area contributed by atoms with Crippen LogP contribution in [-0.4, -0.2) is 46.4 Å². The SMILES string of the molecule is Cc1cc(C)c2c(c1)[C@@]1(N[C@@H]([C@@H](C)O)[C@H]3C(=O)N(CCc4ccccc4)C(=O)[C@@H]31)C(=O)N2. The Kier molecular flexibility index (Phi) is 4.72. The lowest BCUT2D eigenvalue weighted by Gasteiger charge is -2.30. The highest BCUT2D eigenvalue weighted by molar-refractivity contribution is 6.15. The summed E-state index contributed by atoms with van der Waals surface area (Å²) in [5, 5.41) is 16.7. The first-order valence-electron chi connectivity index (χ1n) is 11.0. The number of carbonyl (C=O) groups excluding carboxylic acids is 3. The van der Waals surface area contributed by atoms with E-state index < -0.39 is 29.5 Å². The van der Waals surface area contributed by atoms with Crippen LogP contribution in [0.2, 0.25) is 0 Å². The molecule has 7 nitrogen and oxygen atoms in total. The van der Waals surface area contributed by atoms with E-state index in [1.165, 1.54) is 4.90 Å². The Hall–Kier alpha value is -3.03. The zero-order valence-corrected chi connectivity index (χ0v) is 18.4. The number of carbonyl (C=O) groups is 3. The first-order valence-corrected chi connectivity index (χ1v) is 11.0. The van der Waals surface area contributed by atoms with Gasteiger partial charge in [-0.3, -0.25) is 24.6 Å². The summed E-state index contributed by atoms with van der Waals surface area (Å²) in [4.78, 5) is 41.8. The van der Waals surface area contributed by atoms with Gasteiger partial charge in [0.05, 0.1) is 17.9 Å². The molecule has 5 rings (SSSR count). The molecule has 0 radical (unpaired) electrons. The molecule has 32 heavy (non-hydrogen) atoms. The van der Waals surface area contributed by atoms with E-state index in [1.54, 1.807) is 6.92 Å². The van der Waals surface area contributed by atoms with Crippen molar-refractivity contribution in [3.8, 4) is 0 Å². The second-order valence-electron chi connectivity index (χ2n) is 9.24.